The average molecular weight is 336 g/mol. The summed E-state index contributed by atoms with van der Waals surface area (Å²) in [6.07, 6.45) is 13.1. The Morgan fingerprint density at radius 1 is 0.850 bits per heavy atom. The molecule has 1 saturated heterocycles. The first kappa shape index (κ1) is 18.6. The molecule has 0 radical (unpaired) electrons. The van der Waals surface area contributed by atoms with Gasteiger partial charge in [0, 0.05) is 0 Å². The molecule has 0 aromatic carbocycles. The number of thioether (sulfide) groups is 3. The Kier molecular flexibility index (Phi) is 11.2. The third kappa shape index (κ3) is 8.08. The van der Waals surface area contributed by atoms with Crippen molar-refractivity contribution in [3.8, 4) is 0 Å². The van der Waals surface area contributed by atoms with Crippen LogP contribution in [0, 0.1) is 0 Å². The lowest BCUT2D eigenvalue weighted by atomic mass is 10.2. The van der Waals surface area contributed by atoms with Crippen molar-refractivity contribution in [1.29, 1.82) is 0 Å². The van der Waals surface area contributed by atoms with Crippen molar-refractivity contribution in [2.24, 2.45) is 5.16 Å². The van der Waals surface area contributed by atoms with E-state index in [9.17, 15) is 0 Å². The van der Waals surface area contributed by atoms with E-state index in [-0.39, 0.29) is 0 Å². The molecule has 1 N–H and O–H groups in total. The average Bonchev–Trinajstić information content (AvgIpc) is 2.48. The van der Waals surface area contributed by atoms with Crippen molar-refractivity contribution in [3.63, 3.8) is 0 Å². The van der Waals surface area contributed by atoms with Crippen LogP contribution in [0.3, 0.4) is 0 Å². The van der Waals surface area contributed by atoms with E-state index in [1.165, 1.54) is 64.2 Å². The van der Waals surface area contributed by atoms with Gasteiger partial charge in [0.25, 0.3) is 0 Å². The Labute approximate surface area is 137 Å². The second kappa shape index (κ2) is 12.1. The third-order valence-electron chi connectivity index (χ3n) is 3.44. The molecule has 0 amide bonds. The fourth-order valence-electron chi connectivity index (χ4n) is 2.25. The highest BCUT2D eigenvalue weighted by atomic mass is 32.3. The van der Waals surface area contributed by atoms with Crippen LogP contribution in [0.2, 0.25) is 0 Å². The van der Waals surface area contributed by atoms with Crippen LogP contribution in [-0.2, 0) is 0 Å². The van der Waals surface area contributed by atoms with E-state index in [2.05, 4.69) is 30.8 Å². The monoisotopic (exact) mass is 335 g/mol. The number of hydrogen-bond donors (Lipinski definition) is 1. The molecule has 2 atom stereocenters. The highest BCUT2D eigenvalue weighted by Gasteiger charge is 2.27. The van der Waals surface area contributed by atoms with Gasteiger partial charge >= 0.3 is 0 Å². The van der Waals surface area contributed by atoms with Crippen LogP contribution in [-0.4, -0.2) is 18.7 Å². The Bertz CT molecular complexity index is 252. The lowest BCUT2D eigenvalue weighted by Crippen LogP contribution is -2.15. The largest absolute Gasteiger partial charge is 0.410 e. The van der Waals surface area contributed by atoms with E-state index in [1.807, 2.05) is 0 Å². The summed E-state index contributed by atoms with van der Waals surface area (Å²) >= 11 is 5.63. The minimum Gasteiger partial charge on any atom is -0.410 e. The number of hydrogen-bond acceptors (Lipinski definition) is 5. The summed E-state index contributed by atoms with van der Waals surface area (Å²) in [5, 5.41) is 12.5. The molecule has 1 aliphatic heterocycles. The Balaban J connectivity index is 2.28. The van der Waals surface area contributed by atoms with Gasteiger partial charge in [0.05, 0.1) is 9.16 Å². The molecule has 118 valence electrons. The summed E-state index contributed by atoms with van der Waals surface area (Å²) in [6, 6.07) is 0. The van der Waals surface area contributed by atoms with E-state index >= 15 is 0 Å². The zero-order chi connectivity index (χ0) is 14.6. The zero-order valence-corrected chi connectivity index (χ0v) is 15.3. The normalized spacial score (nSPS) is 23.0. The molecule has 0 aromatic heterocycles. The van der Waals surface area contributed by atoms with Gasteiger partial charge in [0.1, 0.15) is 0 Å². The van der Waals surface area contributed by atoms with E-state index in [1.54, 1.807) is 23.5 Å². The quantitative estimate of drug-likeness (QED) is 0.279. The Morgan fingerprint density at radius 2 is 1.35 bits per heavy atom. The summed E-state index contributed by atoms with van der Waals surface area (Å²) in [7, 11) is 0. The molecule has 0 spiro atoms. The van der Waals surface area contributed by atoms with Crippen molar-refractivity contribution >= 4 is 39.7 Å². The summed E-state index contributed by atoms with van der Waals surface area (Å²) in [4.78, 5) is 0. The molecule has 1 fully saturated rings. The lowest BCUT2D eigenvalue weighted by Gasteiger charge is -2.28. The minimum absolute atomic E-state index is 0.593. The molecule has 0 aliphatic carbocycles. The molecule has 2 unspecified atom stereocenters. The fraction of sp³-hybridized carbons (Fsp3) is 0.933. The van der Waals surface area contributed by atoms with Crippen LogP contribution >= 0.6 is 35.3 Å². The molecular formula is C15H29NOS3. The van der Waals surface area contributed by atoms with E-state index in [4.69, 9.17) is 5.21 Å². The van der Waals surface area contributed by atoms with Gasteiger partial charge in [-0.15, -0.1) is 11.8 Å². The molecule has 5 heteroatoms. The fourth-order valence-corrected chi connectivity index (χ4v) is 7.60. The minimum atomic E-state index is 0.593. The molecule has 1 rings (SSSR count). The van der Waals surface area contributed by atoms with Gasteiger partial charge in [0.2, 0.25) is 0 Å². The summed E-state index contributed by atoms with van der Waals surface area (Å²) in [5.41, 5.74) is 0. The zero-order valence-electron chi connectivity index (χ0n) is 12.8. The Hall–Kier alpha value is 0.520. The molecular weight excluding hydrogens is 306 g/mol. The first-order valence-electron chi connectivity index (χ1n) is 8.01. The number of nitrogens with zero attached hydrogens (tertiary/aromatic N) is 1. The van der Waals surface area contributed by atoms with Crippen LogP contribution in [0.4, 0.5) is 0 Å². The standard InChI is InChI=1S/C15H29NOS3/c1-3-5-7-9-11-13-18-14(12-10-8-6-4-2)20-15(16-17)19-13/h13-14,17H,3-12H2,1-2H3. The van der Waals surface area contributed by atoms with Gasteiger partial charge in [-0.3, -0.25) is 0 Å². The summed E-state index contributed by atoms with van der Waals surface area (Å²) in [5.74, 6) is 0. The second-order valence-corrected chi connectivity index (χ2v) is 9.94. The first-order valence-corrected chi connectivity index (χ1v) is 10.7. The summed E-state index contributed by atoms with van der Waals surface area (Å²) < 4.78 is 2.06. The van der Waals surface area contributed by atoms with Gasteiger partial charge < -0.3 is 5.21 Å². The maximum atomic E-state index is 9.08. The first-order chi connectivity index (χ1) is 9.80. The van der Waals surface area contributed by atoms with Crippen LogP contribution in [0.1, 0.15) is 78.1 Å². The van der Waals surface area contributed by atoms with Crippen molar-refractivity contribution in [3.05, 3.63) is 0 Å². The molecule has 1 heterocycles. The maximum absolute atomic E-state index is 9.08. The molecule has 0 aromatic rings. The predicted octanol–water partition coefficient (Wildman–Crippen LogP) is 6.54. The number of oxime groups is 1. The number of rotatable bonds is 10. The van der Waals surface area contributed by atoms with Gasteiger partial charge in [0.15, 0.2) is 4.38 Å². The van der Waals surface area contributed by atoms with Crippen molar-refractivity contribution in [1.82, 2.24) is 0 Å². The van der Waals surface area contributed by atoms with Gasteiger partial charge in [-0.25, -0.2) is 0 Å². The molecule has 0 bridgehead atoms. The topological polar surface area (TPSA) is 32.6 Å². The van der Waals surface area contributed by atoms with Crippen LogP contribution in [0.15, 0.2) is 5.16 Å². The van der Waals surface area contributed by atoms with E-state index in [0.29, 0.717) is 9.16 Å². The molecule has 0 saturated carbocycles. The van der Waals surface area contributed by atoms with Crippen molar-refractivity contribution in [2.45, 2.75) is 87.2 Å². The van der Waals surface area contributed by atoms with Gasteiger partial charge in [-0.1, -0.05) is 93.9 Å². The van der Waals surface area contributed by atoms with Crippen molar-refractivity contribution < 1.29 is 5.21 Å². The number of unbranched alkanes of at least 4 members (excludes halogenated alkanes) is 6. The molecule has 20 heavy (non-hydrogen) atoms. The maximum Gasteiger partial charge on any atom is 0.171 e. The van der Waals surface area contributed by atoms with E-state index in [0.717, 1.165) is 4.38 Å². The lowest BCUT2D eigenvalue weighted by molar-refractivity contribution is 0.322. The second-order valence-electron chi connectivity index (χ2n) is 5.30. The summed E-state index contributed by atoms with van der Waals surface area (Å²) in [6.45, 7) is 4.51. The molecule has 2 nitrogen and oxygen atoms in total. The van der Waals surface area contributed by atoms with Crippen LogP contribution < -0.4 is 0 Å². The van der Waals surface area contributed by atoms with Crippen LogP contribution in [0.25, 0.3) is 0 Å². The van der Waals surface area contributed by atoms with Crippen molar-refractivity contribution in [2.75, 3.05) is 0 Å². The van der Waals surface area contributed by atoms with Crippen LogP contribution in [0.5, 0.6) is 0 Å². The van der Waals surface area contributed by atoms with Gasteiger partial charge in [-0.05, 0) is 12.8 Å². The molecule has 1 aliphatic rings. The predicted molar refractivity (Wildman–Crippen MR) is 97.1 cm³/mol. The Morgan fingerprint density at radius 3 is 1.75 bits per heavy atom. The van der Waals surface area contributed by atoms with E-state index < -0.39 is 0 Å². The SMILES string of the molecule is CCCCCCC1SC(=NO)SC(CCCCCC)S1. The third-order valence-corrected chi connectivity index (χ3v) is 7.90. The highest BCUT2D eigenvalue weighted by Crippen LogP contribution is 2.47. The highest BCUT2D eigenvalue weighted by molar-refractivity contribution is 8.48. The smallest absolute Gasteiger partial charge is 0.171 e. The van der Waals surface area contributed by atoms with Gasteiger partial charge in [-0.2, -0.15) is 0 Å².